The highest BCUT2D eigenvalue weighted by molar-refractivity contribution is 7.09. The second-order valence-electron chi connectivity index (χ2n) is 4.44. The minimum Gasteiger partial charge on any atom is -0.479 e. The molecule has 0 aliphatic carbocycles. The number of carboxylic acids is 1. The largest absolute Gasteiger partial charge is 0.479 e. The van der Waals surface area contributed by atoms with E-state index in [0.717, 1.165) is 11.5 Å². The third kappa shape index (κ3) is 2.50. The highest BCUT2D eigenvalue weighted by atomic mass is 32.1. The van der Waals surface area contributed by atoms with E-state index in [9.17, 15) is 14.7 Å². The molecule has 9 heteroatoms. The van der Waals surface area contributed by atoms with E-state index in [2.05, 4.69) is 20.1 Å². The molecule has 0 aromatic carbocycles. The van der Waals surface area contributed by atoms with Crippen LogP contribution >= 0.6 is 11.5 Å². The maximum Gasteiger partial charge on any atom is 0.329 e. The molecule has 104 valence electrons. The van der Waals surface area contributed by atoms with E-state index < -0.39 is 17.5 Å². The van der Waals surface area contributed by atoms with Crippen LogP contribution in [0.4, 0.5) is 9.93 Å². The zero-order valence-corrected chi connectivity index (χ0v) is 11.3. The molecule has 19 heavy (non-hydrogen) atoms. The number of hydrogen-bond acceptors (Lipinski definition) is 6. The summed E-state index contributed by atoms with van der Waals surface area (Å²) in [5.41, 5.74) is -1.10. The van der Waals surface area contributed by atoms with E-state index in [1.54, 1.807) is 0 Å². The van der Waals surface area contributed by atoms with Crippen molar-refractivity contribution in [3.63, 3.8) is 0 Å². The Morgan fingerprint density at radius 2 is 2.37 bits per heavy atom. The maximum atomic E-state index is 12.2. The molecule has 0 bridgehead atoms. The molecule has 1 fully saturated rings. The Bertz CT molecular complexity index is 466. The quantitative estimate of drug-likeness (QED) is 0.860. The number of carbonyl (C=O) groups is 2. The van der Waals surface area contributed by atoms with E-state index in [1.807, 2.05) is 6.92 Å². The average Bonchev–Trinajstić information content (AvgIpc) is 2.99. The maximum absolute atomic E-state index is 12.2. The van der Waals surface area contributed by atoms with Gasteiger partial charge in [0, 0.05) is 18.1 Å². The van der Waals surface area contributed by atoms with Crippen LogP contribution in [-0.2, 0) is 4.79 Å². The van der Waals surface area contributed by atoms with E-state index in [1.165, 1.54) is 4.90 Å². The van der Waals surface area contributed by atoms with Gasteiger partial charge >= 0.3 is 12.0 Å². The third-order valence-electron chi connectivity index (χ3n) is 3.31. The van der Waals surface area contributed by atoms with Gasteiger partial charge in [-0.05, 0) is 24.5 Å². The number of aliphatic carboxylic acids is 1. The van der Waals surface area contributed by atoms with Crippen LogP contribution in [0.3, 0.4) is 0 Å². The summed E-state index contributed by atoms with van der Waals surface area (Å²) >= 11 is 0.954. The Morgan fingerprint density at radius 1 is 1.58 bits per heavy atom. The normalized spacial score (nSPS) is 22.5. The highest BCUT2D eigenvalue weighted by Gasteiger charge is 2.49. The van der Waals surface area contributed by atoms with Crippen molar-refractivity contribution in [1.82, 2.24) is 19.7 Å². The molecule has 2 amide bonds. The zero-order chi connectivity index (χ0) is 13.9. The van der Waals surface area contributed by atoms with Gasteiger partial charge < -0.3 is 10.0 Å². The van der Waals surface area contributed by atoms with Crippen LogP contribution < -0.4 is 5.32 Å². The predicted octanol–water partition coefficient (Wildman–Crippen LogP) is 1.18. The summed E-state index contributed by atoms with van der Waals surface area (Å²) in [5.74, 6) is -0.947. The minimum absolute atomic E-state index is 0.271. The zero-order valence-electron chi connectivity index (χ0n) is 10.5. The molecule has 1 atom stereocenters. The number of rotatable bonds is 4. The van der Waals surface area contributed by atoms with Crippen LogP contribution in [0.15, 0.2) is 0 Å². The Hall–Kier alpha value is -1.77. The third-order valence-corrected chi connectivity index (χ3v) is 3.82. The lowest BCUT2D eigenvalue weighted by Gasteiger charge is -2.34. The minimum atomic E-state index is -1.10. The van der Waals surface area contributed by atoms with E-state index in [4.69, 9.17) is 0 Å². The van der Waals surface area contributed by atoms with Crippen molar-refractivity contribution in [1.29, 1.82) is 0 Å². The van der Waals surface area contributed by atoms with Crippen LogP contribution in [-0.4, -0.2) is 48.9 Å². The van der Waals surface area contributed by atoms with Crippen molar-refractivity contribution in [3.8, 4) is 0 Å². The topological polar surface area (TPSA) is 108 Å². The molecule has 1 unspecified atom stereocenters. The van der Waals surface area contributed by atoms with E-state index in [0.29, 0.717) is 32.2 Å². The fourth-order valence-corrected chi connectivity index (χ4v) is 2.87. The molecule has 1 aromatic rings. The van der Waals surface area contributed by atoms with Crippen LogP contribution in [0.2, 0.25) is 0 Å². The molecular formula is C10H15N5O3S. The van der Waals surface area contributed by atoms with E-state index in [-0.39, 0.29) is 5.13 Å². The van der Waals surface area contributed by atoms with Gasteiger partial charge in [0.25, 0.3) is 0 Å². The lowest BCUT2D eigenvalue weighted by atomic mass is 9.91. The second-order valence-corrected chi connectivity index (χ2v) is 5.17. The molecule has 1 saturated heterocycles. The molecule has 1 aliphatic heterocycles. The Morgan fingerprint density at radius 3 is 2.95 bits per heavy atom. The summed E-state index contributed by atoms with van der Waals surface area (Å²) in [6, 6.07) is -0.452. The number of hydrogen-bond donors (Lipinski definition) is 2. The Kier molecular flexibility index (Phi) is 3.93. The summed E-state index contributed by atoms with van der Waals surface area (Å²) in [7, 11) is 0. The standard InChI is InChI=1S/C10H15N5O3S/c1-2-4-10(7(16)17)5-3-6-15(10)9(18)11-8-12-13-14-19-8/h2-6H2,1H3,(H,16,17)(H,11,12,14,18). The van der Waals surface area contributed by atoms with Crippen molar-refractivity contribution < 1.29 is 14.7 Å². The molecular weight excluding hydrogens is 270 g/mol. The first-order valence-electron chi connectivity index (χ1n) is 6.07. The molecule has 2 N–H and O–H groups in total. The number of aromatic nitrogens is 3. The van der Waals surface area contributed by atoms with Crippen LogP contribution in [0, 0.1) is 0 Å². The molecule has 1 aliphatic rings. The number of amides is 2. The predicted molar refractivity (Wildman–Crippen MR) is 67.9 cm³/mol. The lowest BCUT2D eigenvalue weighted by molar-refractivity contribution is -0.148. The number of anilines is 1. The SMILES string of the molecule is CCCC1(C(=O)O)CCCN1C(=O)Nc1nnns1. The van der Waals surface area contributed by atoms with Crippen molar-refractivity contribution in [2.45, 2.75) is 38.1 Å². The Labute approximate surface area is 114 Å². The molecule has 0 radical (unpaired) electrons. The molecule has 2 rings (SSSR count). The van der Waals surface area contributed by atoms with Gasteiger partial charge in [-0.2, -0.15) is 0 Å². The fraction of sp³-hybridized carbons (Fsp3) is 0.700. The van der Waals surface area contributed by atoms with Gasteiger partial charge in [0.15, 0.2) is 0 Å². The molecule has 0 spiro atoms. The van der Waals surface area contributed by atoms with Crippen molar-refractivity contribution in [3.05, 3.63) is 0 Å². The fourth-order valence-electron chi connectivity index (χ4n) is 2.52. The molecule has 8 nitrogen and oxygen atoms in total. The molecule has 1 aromatic heterocycles. The number of carboxylic acid groups (broad SMARTS) is 1. The van der Waals surface area contributed by atoms with Crippen molar-refractivity contribution >= 4 is 28.7 Å². The number of nitrogens with zero attached hydrogens (tertiary/aromatic N) is 4. The summed E-state index contributed by atoms with van der Waals surface area (Å²) < 4.78 is 3.54. The first-order valence-corrected chi connectivity index (χ1v) is 6.84. The van der Waals surface area contributed by atoms with Gasteiger partial charge in [0.1, 0.15) is 5.54 Å². The smallest absolute Gasteiger partial charge is 0.329 e. The summed E-state index contributed by atoms with van der Waals surface area (Å²) in [6.07, 6.45) is 2.33. The number of urea groups is 1. The number of carbonyl (C=O) groups excluding carboxylic acids is 1. The van der Waals surface area contributed by atoms with Gasteiger partial charge in [0.2, 0.25) is 5.13 Å². The lowest BCUT2D eigenvalue weighted by Crippen LogP contribution is -2.54. The van der Waals surface area contributed by atoms with Crippen LogP contribution in [0.25, 0.3) is 0 Å². The van der Waals surface area contributed by atoms with E-state index >= 15 is 0 Å². The second kappa shape index (κ2) is 5.47. The first kappa shape index (κ1) is 13.7. The molecule has 2 heterocycles. The Balaban J connectivity index is 2.17. The van der Waals surface area contributed by atoms with Gasteiger partial charge in [-0.3, -0.25) is 5.32 Å². The number of nitrogens with one attached hydrogen (secondary N) is 1. The van der Waals surface area contributed by atoms with Crippen molar-refractivity contribution in [2.75, 3.05) is 11.9 Å². The summed E-state index contributed by atoms with van der Waals surface area (Å²) in [5, 5.41) is 19.3. The van der Waals surface area contributed by atoms with Crippen LogP contribution in [0.5, 0.6) is 0 Å². The summed E-state index contributed by atoms with van der Waals surface area (Å²) in [6.45, 7) is 2.35. The summed E-state index contributed by atoms with van der Waals surface area (Å²) in [4.78, 5) is 25.1. The number of likely N-dealkylation sites (tertiary alicyclic amines) is 1. The van der Waals surface area contributed by atoms with Gasteiger partial charge in [-0.1, -0.05) is 22.9 Å². The van der Waals surface area contributed by atoms with Crippen LogP contribution in [0.1, 0.15) is 32.6 Å². The van der Waals surface area contributed by atoms with Crippen molar-refractivity contribution in [2.24, 2.45) is 0 Å². The molecule has 0 saturated carbocycles. The van der Waals surface area contributed by atoms with Gasteiger partial charge in [-0.15, -0.1) is 0 Å². The average molecular weight is 285 g/mol. The monoisotopic (exact) mass is 285 g/mol. The highest BCUT2D eigenvalue weighted by Crippen LogP contribution is 2.34. The van der Waals surface area contributed by atoms with Gasteiger partial charge in [0.05, 0.1) is 0 Å². The first-order chi connectivity index (χ1) is 9.10. The van der Waals surface area contributed by atoms with Gasteiger partial charge in [-0.25, -0.2) is 9.59 Å².